The van der Waals surface area contributed by atoms with Crippen LogP contribution in [0, 0.1) is 0 Å². The van der Waals surface area contributed by atoms with Crippen LogP contribution in [0.15, 0.2) is 23.0 Å². The lowest BCUT2D eigenvalue weighted by Gasteiger charge is -2.34. The van der Waals surface area contributed by atoms with E-state index in [1.807, 2.05) is 0 Å². The number of rotatable bonds is 3. The van der Waals surface area contributed by atoms with Crippen LogP contribution in [-0.4, -0.2) is 49.2 Å². The molecule has 1 aromatic rings. The van der Waals surface area contributed by atoms with Gasteiger partial charge < -0.3 is 14.5 Å². The van der Waals surface area contributed by atoms with Crippen molar-refractivity contribution in [3.8, 4) is 0 Å². The molecule has 0 bridgehead atoms. The number of likely N-dealkylation sites (tertiary alicyclic amines) is 1. The van der Waals surface area contributed by atoms with E-state index in [1.54, 1.807) is 6.07 Å². The van der Waals surface area contributed by atoms with Crippen molar-refractivity contribution < 1.29 is 13.9 Å². The summed E-state index contributed by atoms with van der Waals surface area (Å²) in [7, 11) is 0. The van der Waals surface area contributed by atoms with Crippen LogP contribution >= 0.6 is 0 Å². The molecule has 2 atom stereocenters. The molecule has 2 saturated heterocycles. The van der Waals surface area contributed by atoms with Crippen molar-refractivity contribution >= 4 is 5.91 Å². The Morgan fingerprint density at radius 2 is 2.11 bits per heavy atom. The topological polar surface area (TPSA) is 54.7 Å². The second kappa shape index (κ2) is 5.75. The molecular formula is C14H20N2O3. The third-order valence-electron chi connectivity index (χ3n) is 4.01. The smallest absolute Gasteiger partial charge is 0.254 e. The number of piperidine rings is 1. The SMILES string of the molecule is O=C(N[C@H]1COC[C@@H]1N1CCCCC1)c1ccoc1. The summed E-state index contributed by atoms with van der Waals surface area (Å²) in [5.41, 5.74) is 0.573. The van der Waals surface area contributed by atoms with E-state index in [4.69, 9.17) is 9.15 Å². The molecule has 0 saturated carbocycles. The molecular weight excluding hydrogens is 244 g/mol. The van der Waals surface area contributed by atoms with Gasteiger partial charge in [-0.15, -0.1) is 0 Å². The first kappa shape index (κ1) is 12.7. The van der Waals surface area contributed by atoms with Crippen LogP contribution in [0.25, 0.3) is 0 Å². The fraction of sp³-hybridized carbons (Fsp3) is 0.643. The summed E-state index contributed by atoms with van der Waals surface area (Å²) >= 11 is 0. The zero-order valence-corrected chi connectivity index (χ0v) is 11.0. The maximum Gasteiger partial charge on any atom is 0.254 e. The first-order valence-electron chi connectivity index (χ1n) is 6.99. The van der Waals surface area contributed by atoms with Crippen molar-refractivity contribution in [2.75, 3.05) is 26.3 Å². The molecule has 1 N–H and O–H groups in total. The van der Waals surface area contributed by atoms with Gasteiger partial charge in [0.25, 0.3) is 5.91 Å². The summed E-state index contributed by atoms with van der Waals surface area (Å²) in [6, 6.07) is 2.08. The van der Waals surface area contributed by atoms with E-state index < -0.39 is 0 Å². The van der Waals surface area contributed by atoms with E-state index in [1.165, 1.54) is 31.8 Å². The average Bonchev–Trinajstić information content (AvgIpc) is 3.11. The number of ether oxygens (including phenoxy) is 1. The summed E-state index contributed by atoms with van der Waals surface area (Å²) in [5.74, 6) is -0.0775. The number of nitrogens with one attached hydrogen (secondary N) is 1. The molecule has 1 amide bonds. The predicted octanol–water partition coefficient (Wildman–Crippen LogP) is 1.26. The first-order chi connectivity index (χ1) is 9.34. The van der Waals surface area contributed by atoms with Crippen molar-refractivity contribution in [2.24, 2.45) is 0 Å². The van der Waals surface area contributed by atoms with E-state index in [0.29, 0.717) is 18.2 Å². The Labute approximate surface area is 112 Å². The Bertz CT molecular complexity index is 412. The Kier molecular flexibility index (Phi) is 3.84. The second-order valence-corrected chi connectivity index (χ2v) is 5.29. The van der Waals surface area contributed by atoms with Crippen molar-refractivity contribution in [1.29, 1.82) is 0 Å². The molecule has 2 aliphatic rings. The Balaban J connectivity index is 1.61. The fourth-order valence-electron chi connectivity index (χ4n) is 2.94. The van der Waals surface area contributed by atoms with Crippen LogP contribution in [0.3, 0.4) is 0 Å². The Hall–Kier alpha value is -1.33. The van der Waals surface area contributed by atoms with Gasteiger partial charge in [0.15, 0.2) is 0 Å². The van der Waals surface area contributed by atoms with Gasteiger partial charge in [-0.05, 0) is 32.0 Å². The molecule has 0 spiro atoms. The van der Waals surface area contributed by atoms with Gasteiger partial charge in [0.1, 0.15) is 6.26 Å². The van der Waals surface area contributed by atoms with Gasteiger partial charge in [0, 0.05) is 0 Å². The van der Waals surface area contributed by atoms with Gasteiger partial charge in [-0.3, -0.25) is 9.69 Å². The minimum absolute atomic E-state index is 0.0775. The number of furan rings is 1. The quantitative estimate of drug-likeness (QED) is 0.893. The van der Waals surface area contributed by atoms with Crippen LogP contribution in [0.1, 0.15) is 29.6 Å². The van der Waals surface area contributed by atoms with Gasteiger partial charge in [-0.1, -0.05) is 6.42 Å². The summed E-state index contributed by atoms with van der Waals surface area (Å²) in [6.45, 7) is 3.55. The Morgan fingerprint density at radius 1 is 1.26 bits per heavy atom. The lowest BCUT2D eigenvalue weighted by molar-refractivity contribution is 0.0899. The largest absolute Gasteiger partial charge is 0.472 e. The predicted molar refractivity (Wildman–Crippen MR) is 70.0 cm³/mol. The van der Waals surface area contributed by atoms with E-state index in [0.717, 1.165) is 19.7 Å². The first-order valence-corrected chi connectivity index (χ1v) is 6.99. The van der Waals surface area contributed by atoms with E-state index in [-0.39, 0.29) is 11.9 Å². The minimum Gasteiger partial charge on any atom is -0.472 e. The third kappa shape index (κ3) is 2.82. The molecule has 0 unspecified atom stereocenters. The molecule has 0 aromatic carbocycles. The van der Waals surface area contributed by atoms with Gasteiger partial charge in [0.05, 0.1) is 37.1 Å². The van der Waals surface area contributed by atoms with Crippen molar-refractivity contribution in [3.05, 3.63) is 24.2 Å². The number of carbonyl (C=O) groups is 1. The molecule has 2 aliphatic heterocycles. The highest BCUT2D eigenvalue weighted by Gasteiger charge is 2.34. The van der Waals surface area contributed by atoms with Crippen LogP contribution in [-0.2, 0) is 4.74 Å². The van der Waals surface area contributed by atoms with Gasteiger partial charge in [0.2, 0.25) is 0 Å². The number of hydrogen-bond donors (Lipinski definition) is 1. The van der Waals surface area contributed by atoms with Gasteiger partial charge in [-0.2, -0.15) is 0 Å². The number of amides is 1. The van der Waals surface area contributed by atoms with Crippen LogP contribution in [0.2, 0.25) is 0 Å². The molecule has 0 aliphatic carbocycles. The summed E-state index contributed by atoms with van der Waals surface area (Å²) in [4.78, 5) is 14.5. The minimum atomic E-state index is -0.0775. The van der Waals surface area contributed by atoms with Crippen molar-refractivity contribution in [3.63, 3.8) is 0 Å². The highest BCUT2D eigenvalue weighted by atomic mass is 16.5. The van der Waals surface area contributed by atoms with Crippen LogP contribution in [0.5, 0.6) is 0 Å². The molecule has 2 fully saturated rings. The number of nitrogens with zero attached hydrogens (tertiary/aromatic N) is 1. The summed E-state index contributed by atoms with van der Waals surface area (Å²) in [5, 5.41) is 3.06. The standard InChI is InChI=1S/C14H20N2O3/c17-14(11-4-7-18-8-11)15-12-9-19-10-13(12)16-5-2-1-3-6-16/h4,7-8,12-13H,1-3,5-6,9-10H2,(H,15,17)/t12-,13-/m0/s1. The summed E-state index contributed by atoms with van der Waals surface area (Å²) in [6.07, 6.45) is 6.80. The molecule has 0 radical (unpaired) electrons. The van der Waals surface area contributed by atoms with Crippen LogP contribution in [0.4, 0.5) is 0 Å². The lowest BCUT2D eigenvalue weighted by atomic mass is 10.0. The average molecular weight is 264 g/mol. The van der Waals surface area contributed by atoms with Gasteiger partial charge >= 0.3 is 0 Å². The third-order valence-corrected chi connectivity index (χ3v) is 4.01. The highest BCUT2D eigenvalue weighted by molar-refractivity contribution is 5.94. The maximum atomic E-state index is 12.0. The zero-order chi connectivity index (χ0) is 13.1. The van der Waals surface area contributed by atoms with E-state index >= 15 is 0 Å². The lowest BCUT2D eigenvalue weighted by Crippen LogP contribution is -2.52. The normalized spacial score (nSPS) is 28.4. The Morgan fingerprint density at radius 3 is 2.84 bits per heavy atom. The van der Waals surface area contributed by atoms with Crippen molar-refractivity contribution in [2.45, 2.75) is 31.3 Å². The second-order valence-electron chi connectivity index (χ2n) is 5.29. The number of carbonyl (C=O) groups excluding carboxylic acids is 1. The molecule has 19 heavy (non-hydrogen) atoms. The monoisotopic (exact) mass is 264 g/mol. The maximum absolute atomic E-state index is 12.0. The van der Waals surface area contributed by atoms with E-state index in [9.17, 15) is 4.79 Å². The number of hydrogen-bond acceptors (Lipinski definition) is 4. The molecule has 5 nitrogen and oxygen atoms in total. The fourth-order valence-corrected chi connectivity index (χ4v) is 2.94. The van der Waals surface area contributed by atoms with Crippen molar-refractivity contribution in [1.82, 2.24) is 10.2 Å². The molecule has 5 heteroatoms. The molecule has 1 aromatic heterocycles. The molecule has 3 heterocycles. The van der Waals surface area contributed by atoms with Crippen LogP contribution < -0.4 is 5.32 Å². The molecule has 104 valence electrons. The summed E-state index contributed by atoms with van der Waals surface area (Å²) < 4.78 is 10.5. The van der Waals surface area contributed by atoms with Gasteiger partial charge in [-0.25, -0.2) is 0 Å². The highest BCUT2D eigenvalue weighted by Crippen LogP contribution is 2.19. The zero-order valence-electron chi connectivity index (χ0n) is 11.0. The van der Waals surface area contributed by atoms with E-state index in [2.05, 4.69) is 10.2 Å². The molecule has 3 rings (SSSR count).